The minimum Gasteiger partial charge on any atom is -0.395 e. The molecule has 0 unspecified atom stereocenters. The zero-order valence-electron chi connectivity index (χ0n) is 27.3. The third-order valence-electron chi connectivity index (χ3n) is 9.17. The number of aromatic amines is 1. The molecule has 0 saturated carbocycles. The van der Waals surface area contributed by atoms with E-state index in [1.165, 1.54) is 21.6 Å². The molecule has 1 amide bonds. The molecule has 2 fully saturated rings. The van der Waals surface area contributed by atoms with Crippen LogP contribution in [0.4, 0.5) is 26.3 Å². The number of nitrogens with zero attached hydrogens (tertiary/aromatic N) is 3. The van der Waals surface area contributed by atoms with E-state index < -0.39 is 49.2 Å². The third kappa shape index (κ3) is 7.72. The number of carbonyl (C=O) groups is 3. The summed E-state index contributed by atoms with van der Waals surface area (Å²) >= 11 is 0. The van der Waals surface area contributed by atoms with E-state index >= 15 is 0 Å². The number of para-hydroxylation sites is 1. The molecule has 0 spiro atoms. The predicted octanol–water partition coefficient (Wildman–Crippen LogP) is 6.20. The number of ether oxygens (including phenoxy) is 2. The molecule has 0 aliphatic carbocycles. The summed E-state index contributed by atoms with van der Waals surface area (Å²) in [5, 5.41) is 0.623. The molecule has 1 N–H and O–H groups in total. The maximum atomic E-state index is 14.4. The van der Waals surface area contributed by atoms with Gasteiger partial charge in [0, 0.05) is 36.1 Å². The van der Waals surface area contributed by atoms with E-state index in [0.717, 1.165) is 12.8 Å². The van der Waals surface area contributed by atoms with Gasteiger partial charge in [0.15, 0.2) is 0 Å². The molecule has 0 bridgehead atoms. The Hall–Kier alpha value is -4.11. The number of carbonyl (C=O) groups excluding carboxylic acids is 3. The van der Waals surface area contributed by atoms with Crippen LogP contribution in [0.25, 0.3) is 10.9 Å². The van der Waals surface area contributed by atoms with E-state index in [1.54, 1.807) is 31.2 Å². The van der Waals surface area contributed by atoms with Crippen molar-refractivity contribution in [3.63, 3.8) is 0 Å². The van der Waals surface area contributed by atoms with Crippen molar-refractivity contribution in [2.75, 3.05) is 39.3 Å². The van der Waals surface area contributed by atoms with E-state index in [4.69, 9.17) is 0 Å². The number of H-pyrrole nitrogens is 1. The van der Waals surface area contributed by atoms with Crippen LogP contribution >= 0.6 is 0 Å². The second-order valence-corrected chi connectivity index (χ2v) is 12.6. The summed E-state index contributed by atoms with van der Waals surface area (Å²) in [6.45, 7) is 6.14. The van der Waals surface area contributed by atoms with Gasteiger partial charge >= 0.3 is 30.2 Å². The molecular formula is C34H38F6N4O5. The van der Waals surface area contributed by atoms with Crippen LogP contribution in [0, 0.1) is 13.8 Å². The molecule has 2 aromatic carbocycles. The van der Waals surface area contributed by atoms with Crippen LogP contribution in [0.3, 0.4) is 0 Å². The fraction of sp³-hybridized carbons (Fsp3) is 0.500. The molecule has 2 aliphatic heterocycles. The number of nitrogens with one attached hydrogen (secondary N) is 1. The standard InChI is InChI=1S/C34H38F6N4O5/c1-4-14-43-17-18-44(32(20-43,48-30(46)33(35,36)37)49-31(47)34(38,39)40)29(45)28-25(24-10-5-6-11-26(24)41-28)19-42-15-12-23(13-16-42)27-21(2)8-7-9-22(27)3/h5-11,23,41H,4,12-20H2,1-3H3. The number of likely N-dealkylation sites (tertiary alicyclic amines) is 1. The molecule has 266 valence electrons. The number of amides is 1. The number of benzene rings is 2. The lowest BCUT2D eigenvalue weighted by molar-refractivity contribution is -0.318. The van der Waals surface area contributed by atoms with Crippen LogP contribution in [-0.2, 0) is 25.6 Å². The van der Waals surface area contributed by atoms with Gasteiger partial charge in [0.25, 0.3) is 5.91 Å². The lowest BCUT2D eigenvalue weighted by atomic mass is 9.84. The number of fused-ring (bicyclic) bond motifs is 1. The maximum Gasteiger partial charge on any atom is 0.491 e. The fourth-order valence-corrected chi connectivity index (χ4v) is 6.98. The van der Waals surface area contributed by atoms with Gasteiger partial charge in [-0.15, -0.1) is 0 Å². The van der Waals surface area contributed by atoms with Gasteiger partial charge in [-0.05, 0) is 81.4 Å². The summed E-state index contributed by atoms with van der Waals surface area (Å²) in [7, 11) is 0. The van der Waals surface area contributed by atoms with Crippen molar-refractivity contribution in [3.8, 4) is 0 Å². The molecule has 9 nitrogen and oxygen atoms in total. The van der Waals surface area contributed by atoms with Crippen LogP contribution in [0.5, 0.6) is 0 Å². The van der Waals surface area contributed by atoms with Crippen molar-refractivity contribution >= 4 is 28.7 Å². The fourth-order valence-electron chi connectivity index (χ4n) is 6.98. The minimum absolute atomic E-state index is 0.00411. The zero-order chi connectivity index (χ0) is 35.7. The molecular weight excluding hydrogens is 658 g/mol. The number of piperazine rings is 1. The summed E-state index contributed by atoms with van der Waals surface area (Å²) < 4.78 is 90.3. The second-order valence-electron chi connectivity index (χ2n) is 12.6. The van der Waals surface area contributed by atoms with Crippen molar-refractivity contribution in [2.45, 2.75) is 70.8 Å². The molecule has 0 radical (unpaired) electrons. The van der Waals surface area contributed by atoms with Gasteiger partial charge in [-0.25, -0.2) is 9.59 Å². The number of piperidine rings is 1. The van der Waals surface area contributed by atoms with Crippen LogP contribution in [0.1, 0.15) is 64.8 Å². The second kappa shape index (κ2) is 14.0. The summed E-state index contributed by atoms with van der Waals surface area (Å²) in [5.41, 5.74) is 4.56. The van der Waals surface area contributed by atoms with Crippen LogP contribution < -0.4 is 0 Å². The van der Waals surface area contributed by atoms with Crippen molar-refractivity contribution in [1.29, 1.82) is 0 Å². The Bertz CT molecular complexity index is 1650. The van der Waals surface area contributed by atoms with Gasteiger partial charge in [0.05, 0.1) is 6.54 Å². The normalized spacial score (nSPS) is 18.1. The van der Waals surface area contributed by atoms with Crippen LogP contribution in [0.2, 0.25) is 0 Å². The zero-order valence-corrected chi connectivity index (χ0v) is 27.3. The van der Waals surface area contributed by atoms with Gasteiger partial charge in [0.1, 0.15) is 5.69 Å². The van der Waals surface area contributed by atoms with E-state index in [9.17, 15) is 40.7 Å². The Balaban J connectivity index is 1.51. The van der Waals surface area contributed by atoms with Crippen LogP contribution in [-0.4, -0.2) is 95.1 Å². The number of alkyl halides is 6. The SMILES string of the molecule is CCCN1CCN(C(=O)c2[nH]c3ccccc3c2CN2CCC(c3c(C)cccc3C)CC2)C(OC(=O)C(F)(F)F)(OC(=O)C(F)(F)F)C1. The number of hydrogen-bond donors (Lipinski definition) is 1. The molecule has 2 aliphatic rings. The number of halogens is 6. The molecule has 3 heterocycles. The first kappa shape index (κ1) is 36.2. The Kier molecular flexibility index (Phi) is 10.4. The number of hydrogen-bond acceptors (Lipinski definition) is 7. The largest absolute Gasteiger partial charge is 0.491 e. The quantitative estimate of drug-likeness (QED) is 0.170. The number of aryl methyl sites for hydroxylation is 2. The molecule has 49 heavy (non-hydrogen) atoms. The van der Waals surface area contributed by atoms with Crippen molar-refractivity contribution in [1.82, 2.24) is 19.7 Å². The molecule has 1 aromatic heterocycles. The van der Waals surface area contributed by atoms with Gasteiger partial charge in [0.2, 0.25) is 0 Å². The van der Waals surface area contributed by atoms with E-state index in [1.807, 2.05) is 6.07 Å². The topological polar surface area (TPSA) is 95.2 Å². The highest BCUT2D eigenvalue weighted by Crippen LogP contribution is 2.37. The maximum absolute atomic E-state index is 14.4. The Labute approximate surface area is 279 Å². The third-order valence-corrected chi connectivity index (χ3v) is 9.17. The molecule has 5 rings (SSSR count). The highest BCUT2D eigenvalue weighted by Gasteiger charge is 2.59. The number of esters is 2. The summed E-state index contributed by atoms with van der Waals surface area (Å²) in [4.78, 5) is 45.7. The van der Waals surface area contributed by atoms with Gasteiger partial charge in [-0.3, -0.25) is 19.5 Å². The lowest BCUT2D eigenvalue weighted by Crippen LogP contribution is -2.68. The van der Waals surface area contributed by atoms with Gasteiger partial charge in [-0.2, -0.15) is 26.3 Å². The first-order valence-corrected chi connectivity index (χ1v) is 16.1. The number of rotatable bonds is 8. The first-order chi connectivity index (χ1) is 23.0. The van der Waals surface area contributed by atoms with E-state index in [-0.39, 0.29) is 25.3 Å². The molecule has 0 atom stereocenters. The average molecular weight is 697 g/mol. The molecule has 15 heteroatoms. The van der Waals surface area contributed by atoms with Crippen molar-refractivity contribution in [3.05, 3.63) is 70.4 Å². The number of aromatic nitrogens is 1. The van der Waals surface area contributed by atoms with Crippen molar-refractivity contribution < 1.29 is 50.2 Å². The monoisotopic (exact) mass is 696 g/mol. The van der Waals surface area contributed by atoms with Gasteiger partial charge in [-0.1, -0.05) is 43.3 Å². The molecule has 3 aromatic rings. The lowest BCUT2D eigenvalue weighted by Gasteiger charge is -2.47. The van der Waals surface area contributed by atoms with Crippen molar-refractivity contribution in [2.24, 2.45) is 0 Å². The highest BCUT2D eigenvalue weighted by molar-refractivity contribution is 6.01. The summed E-state index contributed by atoms with van der Waals surface area (Å²) in [6.07, 6.45) is -9.26. The van der Waals surface area contributed by atoms with Gasteiger partial charge < -0.3 is 14.5 Å². The Morgan fingerprint density at radius 2 is 1.43 bits per heavy atom. The predicted molar refractivity (Wildman–Crippen MR) is 166 cm³/mol. The minimum atomic E-state index is -5.67. The Morgan fingerprint density at radius 3 is 2.00 bits per heavy atom. The van der Waals surface area contributed by atoms with Crippen LogP contribution in [0.15, 0.2) is 42.5 Å². The smallest absolute Gasteiger partial charge is 0.395 e. The highest BCUT2D eigenvalue weighted by atomic mass is 19.4. The Morgan fingerprint density at radius 1 is 0.837 bits per heavy atom. The summed E-state index contributed by atoms with van der Waals surface area (Å²) in [5.74, 6) is -9.96. The summed E-state index contributed by atoms with van der Waals surface area (Å²) in [6, 6.07) is 13.1. The van der Waals surface area contributed by atoms with E-state index in [2.05, 4.69) is 45.3 Å². The van der Waals surface area contributed by atoms with E-state index in [0.29, 0.717) is 46.8 Å². The first-order valence-electron chi connectivity index (χ1n) is 16.1. The molecule has 2 saturated heterocycles. The average Bonchev–Trinajstić information content (AvgIpc) is 3.39.